The average molecular weight is 504 g/mol. The lowest BCUT2D eigenvalue weighted by molar-refractivity contribution is 0.461. The van der Waals surface area contributed by atoms with Crippen molar-refractivity contribution in [3.63, 3.8) is 0 Å². The minimum atomic E-state index is 0. The third-order valence-electron chi connectivity index (χ3n) is 5.36. The second-order valence-corrected chi connectivity index (χ2v) is 7.29. The molecule has 1 saturated heterocycles. The quantitative estimate of drug-likeness (QED) is 0.324. The van der Waals surface area contributed by atoms with Crippen molar-refractivity contribution < 1.29 is 0 Å². The average Bonchev–Trinajstić information content (AvgIpc) is 3.17. The largest absolute Gasteiger partial charge is 0.371 e. The van der Waals surface area contributed by atoms with Gasteiger partial charge < -0.3 is 19.9 Å². The Bertz CT molecular complexity index is 944. The second kappa shape index (κ2) is 9.96. The van der Waals surface area contributed by atoms with E-state index >= 15 is 0 Å². The normalized spacial score (nSPS) is 15.2. The fraction of sp³-hybridized carbons (Fsp3) is 0.364. The number of anilines is 1. The monoisotopic (exact) mass is 504 g/mol. The highest BCUT2D eigenvalue weighted by atomic mass is 127. The second-order valence-electron chi connectivity index (χ2n) is 7.29. The van der Waals surface area contributed by atoms with Crippen LogP contribution in [0, 0.1) is 6.92 Å². The molecule has 154 valence electrons. The minimum Gasteiger partial charge on any atom is -0.371 e. The van der Waals surface area contributed by atoms with Gasteiger partial charge in [0, 0.05) is 43.8 Å². The van der Waals surface area contributed by atoms with E-state index in [0.717, 1.165) is 43.2 Å². The van der Waals surface area contributed by atoms with Crippen molar-refractivity contribution in [1.82, 2.24) is 20.0 Å². The fourth-order valence-corrected chi connectivity index (χ4v) is 3.77. The number of imidazole rings is 1. The van der Waals surface area contributed by atoms with Gasteiger partial charge >= 0.3 is 0 Å². The molecule has 29 heavy (non-hydrogen) atoms. The smallest absolute Gasteiger partial charge is 0.191 e. The Morgan fingerprint density at radius 3 is 2.55 bits per heavy atom. The maximum absolute atomic E-state index is 4.68. The Balaban J connectivity index is 0.00000240. The molecule has 2 N–H and O–H groups in total. The summed E-state index contributed by atoms with van der Waals surface area (Å²) >= 11 is 0. The number of nitrogens with one attached hydrogen (secondary N) is 2. The molecular weight excluding hydrogens is 475 g/mol. The van der Waals surface area contributed by atoms with E-state index in [1.807, 2.05) is 19.2 Å². The first kappa shape index (κ1) is 21.4. The molecule has 0 unspecified atom stereocenters. The van der Waals surface area contributed by atoms with Gasteiger partial charge in [0.2, 0.25) is 0 Å². The molecular formula is C22H29IN6. The number of para-hydroxylation sites is 1. The van der Waals surface area contributed by atoms with Gasteiger partial charge in [0.05, 0.1) is 12.2 Å². The number of fused-ring (bicyclic) bond motifs is 1. The number of hydrogen-bond donors (Lipinski definition) is 2. The van der Waals surface area contributed by atoms with E-state index in [2.05, 4.69) is 79.4 Å². The van der Waals surface area contributed by atoms with Crippen LogP contribution in [0.5, 0.6) is 0 Å². The fourth-order valence-electron chi connectivity index (χ4n) is 3.77. The molecule has 0 amide bonds. The van der Waals surface area contributed by atoms with Crippen LogP contribution in [0.4, 0.5) is 5.69 Å². The summed E-state index contributed by atoms with van der Waals surface area (Å²) in [6.45, 7) is 4.87. The molecule has 6 nitrogen and oxygen atoms in total. The van der Waals surface area contributed by atoms with Crippen molar-refractivity contribution >= 4 is 41.3 Å². The summed E-state index contributed by atoms with van der Waals surface area (Å²) in [5, 5.41) is 6.98. The minimum absolute atomic E-state index is 0. The van der Waals surface area contributed by atoms with Crippen LogP contribution in [-0.4, -0.2) is 41.5 Å². The molecule has 1 aliphatic heterocycles. The van der Waals surface area contributed by atoms with E-state index in [1.165, 1.54) is 11.4 Å². The molecule has 7 heteroatoms. The first-order valence-electron chi connectivity index (χ1n) is 9.94. The number of aryl methyl sites for hydroxylation is 1. The molecule has 3 heterocycles. The highest BCUT2D eigenvalue weighted by Crippen LogP contribution is 2.19. The van der Waals surface area contributed by atoms with Crippen molar-refractivity contribution in [3.8, 4) is 0 Å². The maximum atomic E-state index is 4.68. The topological polar surface area (TPSA) is 57.0 Å². The molecule has 4 rings (SSSR count). The van der Waals surface area contributed by atoms with Gasteiger partial charge in [0.1, 0.15) is 5.65 Å². The standard InChI is InChI=1S/C22H28N6.HI/c1-17-7-6-10-21-25-19(16-28(17)21)15-24-22(23-2)26-18-11-13-27(14-12-18)20-8-4-3-5-9-20;/h3-10,16,18H,11-15H2,1-2H3,(H2,23,24,26);1H. The summed E-state index contributed by atoms with van der Waals surface area (Å²) in [6, 6.07) is 17.2. The van der Waals surface area contributed by atoms with Crippen molar-refractivity contribution in [2.45, 2.75) is 32.4 Å². The van der Waals surface area contributed by atoms with Crippen LogP contribution in [0.2, 0.25) is 0 Å². The summed E-state index contributed by atoms with van der Waals surface area (Å²) < 4.78 is 2.12. The van der Waals surface area contributed by atoms with Gasteiger partial charge in [0.15, 0.2) is 5.96 Å². The van der Waals surface area contributed by atoms with Crippen LogP contribution >= 0.6 is 24.0 Å². The van der Waals surface area contributed by atoms with Gasteiger partial charge in [0.25, 0.3) is 0 Å². The van der Waals surface area contributed by atoms with Crippen LogP contribution in [0.15, 0.2) is 59.7 Å². The highest BCUT2D eigenvalue weighted by Gasteiger charge is 2.20. The number of nitrogens with zero attached hydrogens (tertiary/aromatic N) is 4. The first-order chi connectivity index (χ1) is 13.7. The SMILES string of the molecule is CN=C(NCc1cn2c(C)cccc2n1)NC1CCN(c2ccccc2)CC1.I. The van der Waals surface area contributed by atoms with Gasteiger partial charge in [-0.1, -0.05) is 24.3 Å². The van der Waals surface area contributed by atoms with Crippen molar-refractivity contribution in [1.29, 1.82) is 0 Å². The first-order valence-corrected chi connectivity index (χ1v) is 9.94. The Morgan fingerprint density at radius 1 is 1.10 bits per heavy atom. The number of hydrogen-bond acceptors (Lipinski definition) is 3. The van der Waals surface area contributed by atoms with Crippen LogP contribution < -0.4 is 15.5 Å². The summed E-state index contributed by atoms with van der Waals surface area (Å²) in [4.78, 5) is 11.5. The molecule has 0 atom stereocenters. The Hall–Kier alpha value is -2.29. The van der Waals surface area contributed by atoms with E-state index in [-0.39, 0.29) is 24.0 Å². The number of piperidine rings is 1. The summed E-state index contributed by atoms with van der Waals surface area (Å²) in [7, 11) is 1.82. The van der Waals surface area contributed by atoms with Crippen molar-refractivity contribution in [3.05, 3.63) is 66.1 Å². The molecule has 0 aliphatic carbocycles. The van der Waals surface area contributed by atoms with Gasteiger partial charge in [-0.3, -0.25) is 4.99 Å². The van der Waals surface area contributed by atoms with E-state index in [1.54, 1.807) is 0 Å². The molecule has 0 bridgehead atoms. The molecule has 1 fully saturated rings. The van der Waals surface area contributed by atoms with Gasteiger partial charge in [-0.15, -0.1) is 24.0 Å². The van der Waals surface area contributed by atoms with Gasteiger partial charge in [-0.25, -0.2) is 4.98 Å². The number of aromatic nitrogens is 2. The van der Waals surface area contributed by atoms with Crippen molar-refractivity contribution in [2.75, 3.05) is 25.0 Å². The molecule has 1 aliphatic rings. The number of aliphatic imine (C=N–C) groups is 1. The Morgan fingerprint density at radius 2 is 1.86 bits per heavy atom. The van der Waals surface area contributed by atoms with Crippen LogP contribution in [-0.2, 0) is 6.54 Å². The lowest BCUT2D eigenvalue weighted by atomic mass is 10.0. The van der Waals surface area contributed by atoms with Crippen LogP contribution in [0.25, 0.3) is 5.65 Å². The number of halogens is 1. The predicted octanol–water partition coefficient (Wildman–Crippen LogP) is 3.59. The van der Waals surface area contributed by atoms with E-state index < -0.39 is 0 Å². The predicted molar refractivity (Wildman–Crippen MR) is 130 cm³/mol. The molecule has 0 radical (unpaired) electrons. The Kier molecular flexibility index (Phi) is 7.35. The van der Waals surface area contributed by atoms with E-state index in [0.29, 0.717) is 12.6 Å². The van der Waals surface area contributed by atoms with Crippen LogP contribution in [0.3, 0.4) is 0 Å². The number of benzene rings is 1. The molecule has 0 saturated carbocycles. The third-order valence-corrected chi connectivity index (χ3v) is 5.36. The molecule has 1 aromatic carbocycles. The molecule has 0 spiro atoms. The number of rotatable bonds is 4. The summed E-state index contributed by atoms with van der Waals surface area (Å²) in [6.07, 6.45) is 4.29. The zero-order valence-electron chi connectivity index (χ0n) is 17.0. The highest BCUT2D eigenvalue weighted by molar-refractivity contribution is 14.0. The van der Waals surface area contributed by atoms with E-state index in [9.17, 15) is 0 Å². The molecule has 2 aromatic heterocycles. The van der Waals surface area contributed by atoms with Crippen LogP contribution in [0.1, 0.15) is 24.2 Å². The zero-order chi connectivity index (χ0) is 19.3. The van der Waals surface area contributed by atoms with E-state index in [4.69, 9.17) is 0 Å². The number of guanidine groups is 1. The lowest BCUT2D eigenvalue weighted by Gasteiger charge is -2.34. The number of pyridine rings is 1. The zero-order valence-corrected chi connectivity index (χ0v) is 19.3. The van der Waals surface area contributed by atoms with Gasteiger partial charge in [-0.05, 0) is 44.0 Å². The lowest BCUT2D eigenvalue weighted by Crippen LogP contribution is -2.48. The molecule has 3 aromatic rings. The third kappa shape index (κ3) is 5.20. The Labute approximate surface area is 189 Å². The maximum Gasteiger partial charge on any atom is 0.191 e. The summed E-state index contributed by atoms with van der Waals surface area (Å²) in [5.74, 6) is 0.840. The van der Waals surface area contributed by atoms with Gasteiger partial charge in [-0.2, -0.15) is 0 Å². The summed E-state index contributed by atoms with van der Waals surface area (Å²) in [5.41, 5.74) is 4.48. The van der Waals surface area contributed by atoms with Crippen molar-refractivity contribution in [2.24, 2.45) is 4.99 Å².